The maximum atomic E-state index is 11.9. The molecule has 0 radical (unpaired) electrons. The van der Waals surface area contributed by atoms with E-state index in [1.54, 1.807) is 30.6 Å². The van der Waals surface area contributed by atoms with Gasteiger partial charge >= 0.3 is 5.97 Å². The molecule has 0 fully saturated rings. The fourth-order valence-electron chi connectivity index (χ4n) is 1.51. The molecule has 0 aliphatic carbocycles. The Kier molecular flexibility index (Phi) is 2.68. The molecule has 5 heteroatoms. The first kappa shape index (κ1) is 10.4. The fourth-order valence-corrected chi connectivity index (χ4v) is 1.51. The predicted octanol–water partition coefficient (Wildman–Crippen LogP) is 0.871. The first-order valence-corrected chi connectivity index (χ1v) is 4.84. The number of hydrogen-bond acceptors (Lipinski definition) is 3. The Labute approximate surface area is 91.0 Å². The topological polar surface area (TPSA) is 72.2 Å². The summed E-state index contributed by atoms with van der Waals surface area (Å²) >= 11 is 0. The van der Waals surface area contributed by atoms with Gasteiger partial charge in [0.1, 0.15) is 0 Å². The van der Waals surface area contributed by atoms with E-state index in [0.29, 0.717) is 10.9 Å². The molecule has 2 aromatic rings. The van der Waals surface area contributed by atoms with Gasteiger partial charge in [-0.2, -0.15) is 0 Å². The Bertz CT molecular complexity index is 589. The molecule has 0 unspecified atom stereocenters. The number of carbonyl (C=O) groups is 1. The van der Waals surface area contributed by atoms with Crippen molar-refractivity contribution < 1.29 is 9.90 Å². The third kappa shape index (κ3) is 1.93. The number of carboxylic acids is 1. The van der Waals surface area contributed by atoms with Crippen LogP contribution in [0.25, 0.3) is 10.9 Å². The summed E-state index contributed by atoms with van der Waals surface area (Å²) in [6, 6.07) is 5.08. The number of rotatable bonds is 3. The summed E-state index contributed by atoms with van der Waals surface area (Å²) in [6.07, 6.45) is 3.12. The highest BCUT2D eigenvalue weighted by molar-refractivity contribution is 5.76. The van der Waals surface area contributed by atoms with Gasteiger partial charge in [-0.15, -0.1) is 0 Å². The van der Waals surface area contributed by atoms with Crippen molar-refractivity contribution in [2.75, 3.05) is 0 Å². The Morgan fingerprint density at radius 2 is 2.25 bits per heavy atom. The van der Waals surface area contributed by atoms with Crippen LogP contribution in [0, 0.1) is 0 Å². The quantitative estimate of drug-likeness (QED) is 0.829. The van der Waals surface area contributed by atoms with Crippen molar-refractivity contribution in [3.63, 3.8) is 0 Å². The van der Waals surface area contributed by atoms with Gasteiger partial charge in [-0.25, -0.2) is 0 Å². The smallest absolute Gasteiger partial charge is 0.305 e. The molecular weight excluding hydrogens is 208 g/mol. The zero-order valence-electron chi connectivity index (χ0n) is 8.46. The molecule has 0 saturated carbocycles. The van der Waals surface area contributed by atoms with E-state index in [1.165, 1.54) is 4.57 Å². The normalized spacial score (nSPS) is 10.5. The lowest BCUT2D eigenvalue weighted by Crippen LogP contribution is -2.21. The highest BCUT2D eigenvalue weighted by atomic mass is 16.4. The second kappa shape index (κ2) is 4.14. The number of aryl methyl sites for hydroxylation is 1. The summed E-state index contributed by atoms with van der Waals surface area (Å²) in [5, 5.41) is 9.06. The minimum Gasteiger partial charge on any atom is -0.481 e. The molecule has 0 saturated heterocycles. The van der Waals surface area contributed by atoms with Gasteiger partial charge in [-0.3, -0.25) is 14.6 Å². The van der Waals surface area contributed by atoms with Gasteiger partial charge < -0.3 is 9.67 Å². The van der Waals surface area contributed by atoms with Gasteiger partial charge in [-0.1, -0.05) is 0 Å². The average Bonchev–Trinajstić information content (AvgIpc) is 2.28. The van der Waals surface area contributed by atoms with Crippen LogP contribution in [-0.2, 0) is 11.3 Å². The van der Waals surface area contributed by atoms with Crippen molar-refractivity contribution in [3.8, 4) is 0 Å². The highest BCUT2D eigenvalue weighted by Gasteiger charge is 2.04. The Morgan fingerprint density at radius 3 is 3.00 bits per heavy atom. The summed E-state index contributed by atoms with van der Waals surface area (Å²) < 4.78 is 1.39. The summed E-state index contributed by atoms with van der Waals surface area (Å²) in [4.78, 5) is 26.3. The number of carboxylic acid groups (broad SMARTS) is 1. The first-order valence-electron chi connectivity index (χ1n) is 4.84. The SMILES string of the molecule is O=C(O)CCn1ccc2ncccc2c1=O. The molecule has 5 nitrogen and oxygen atoms in total. The van der Waals surface area contributed by atoms with E-state index in [4.69, 9.17) is 5.11 Å². The van der Waals surface area contributed by atoms with E-state index < -0.39 is 5.97 Å². The average molecular weight is 218 g/mol. The Morgan fingerprint density at radius 1 is 1.44 bits per heavy atom. The van der Waals surface area contributed by atoms with Crippen LogP contribution in [0.3, 0.4) is 0 Å². The molecule has 2 rings (SSSR count). The van der Waals surface area contributed by atoms with Gasteiger partial charge in [0.2, 0.25) is 0 Å². The van der Waals surface area contributed by atoms with Gasteiger partial charge in [0, 0.05) is 18.9 Å². The minimum absolute atomic E-state index is 0.0638. The number of nitrogens with zero attached hydrogens (tertiary/aromatic N) is 2. The van der Waals surface area contributed by atoms with Crippen LogP contribution < -0.4 is 5.56 Å². The second-order valence-corrected chi connectivity index (χ2v) is 3.39. The van der Waals surface area contributed by atoms with Crippen molar-refractivity contribution in [1.29, 1.82) is 0 Å². The number of fused-ring (bicyclic) bond motifs is 1. The van der Waals surface area contributed by atoms with Gasteiger partial charge in [0.25, 0.3) is 5.56 Å². The number of aliphatic carboxylic acids is 1. The standard InChI is InChI=1S/C11H10N2O3/c14-10(15)4-7-13-6-3-9-8(11(13)16)2-1-5-12-9/h1-3,5-6H,4,7H2,(H,14,15). The van der Waals surface area contributed by atoms with Crippen LogP contribution in [0.1, 0.15) is 6.42 Å². The van der Waals surface area contributed by atoms with Crippen molar-refractivity contribution in [2.45, 2.75) is 13.0 Å². The van der Waals surface area contributed by atoms with Crippen molar-refractivity contribution >= 4 is 16.9 Å². The molecule has 0 aliphatic rings. The lowest BCUT2D eigenvalue weighted by molar-refractivity contribution is -0.137. The molecule has 0 atom stereocenters. The lowest BCUT2D eigenvalue weighted by Gasteiger charge is -2.04. The molecule has 2 aromatic heterocycles. The zero-order valence-corrected chi connectivity index (χ0v) is 8.46. The summed E-state index contributed by atoms with van der Waals surface area (Å²) in [6.45, 7) is 0.180. The van der Waals surface area contributed by atoms with Crippen LogP contribution in [0.5, 0.6) is 0 Å². The molecular formula is C11H10N2O3. The molecule has 0 aromatic carbocycles. The Balaban J connectivity index is 2.45. The minimum atomic E-state index is -0.918. The van der Waals surface area contributed by atoms with Crippen LogP contribution in [0.4, 0.5) is 0 Å². The maximum Gasteiger partial charge on any atom is 0.305 e. The summed E-state index contributed by atoms with van der Waals surface area (Å²) in [5.41, 5.74) is 0.422. The monoisotopic (exact) mass is 218 g/mol. The van der Waals surface area contributed by atoms with Crippen LogP contribution >= 0.6 is 0 Å². The van der Waals surface area contributed by atoms with Gasteiger partial charge in [-0.05, 0) is 18.2 Å². The van der Waals surface area contributed by atoms with Crippen LogP contribution in [-0.4, -0.2) is 20.6 Å². The third-order valence-corrected chi connectivity index (χ3v) is 2.31. The first-order chi connectivity index (χ1) is 7.68. The molecule has 0 bridgehead atoms. The van der Waals surface area contributed by atoms with Crippen molar-refractivity contribution in [3.05, 3.63) is 40.9 Å². The second-order valence-electron chi connectivity index (χ2n) is 3.39. The van der Waals surface area contributed by atoms with E-state index in [0.717, 1.165) is 0 Å². The molecule has 82 valence electrons. The van der Waals surface area contributed by atoms with Gasteiger partial charge in [0.05, 0.1) is 17.3 Å². The molecule has 16 heavy (non-hydrogen) atoms. The van der Waals surface area contributed by atoms with Crippen molar-refractivity contribution in [2.24, 2.45) is 0 Å². The number of aromatic nitrogens is 2. The molecule has 0 amide bonds. The van der Waals surface area contributed by atoms with Crippen LogP contribution in [0.15, 0.2) is 35.4 Å². The van der Waals surface area contributed by atoms with Crippen LogP contribution in [0.2, 0.25) is 0 Å². The fraction of sp³-hybridized carbons (Fsp3) is 0.182. The number of pyridine rings is 2. The van der Waals surface area contributed by atoms with Gasteiger partial charge in [0.15, 0.2) is 0 Å². The molecule has 2 heterocycles. The van der Waals surface area contributed by atoms with Crippen molar-refractivity contribution in [1.82, 2.24) is 9.55 Å². The third-order valence-electron chi connectivity index (χ3n) is 2.31. The molecule has 1 N–H and O–H groups in total. The lowest BCUT2D eigenvalue weighted by atomic mass is 10.2. The number of hydrogen-bond donors (Lipinski definition) is 1. The van der Waals surface area contributed by atoms with E-state index in [9.17, 15) is 9.59 Å². The summed E-state index contributed by atoms with van der Waals surface area (Å²) in [5.74, 6) is -0.918. The van der Waals surface area contributed by atoms with E-state index in [2.05, 4.69) is 4.98 Å². The maximum absolute atomic E-state index is 11.9. The molecule has 0 spiro atoms. The molecule has 0 aliphatic heterocycles. The highest BCUT2D eigenvalue weighted by Crippen LogP contribution is 2.04. The predicted molar refractivity (Wildman–Crippen MR) is 58.3 cm³/mol. The van der Waals surface area contributed by atoms with E-state index in [-0.39, 0.29) is 18.5 Å². The Hall–Kier alpha value is -2.17. The van der Waals surface area contributed by atoms with E-state index in [1.807, 2.05) is 0 Å². The van der Waals surface area contributed by atoms with E-state index >= 15 is 0 Å². The largest absolute Gasteiger partial charge is 0.481 e. The summed E-state index contributed by atoms with van der Waals surface area (Å²) in [7, 11) is 0. The zero-order chi connectivity index (χ0) is 11.5.